The Kier molecular flexibility index (Phi) is 7.31. The van der Waals surface area contributed by atoms with Crippen LogP contribution in [0.1, 0.15) is 21.5 Å². The summed E-state index contributed by atoms with van der Waals surface area (Å²) in [5.74, 6) is -2.37. The number of ether oxygens (including phenoxy) is 1. The Hall–Kier alpha value is -4.23. The molecular weight excluding hydrogens is 486 g/mol. The molecule has 0 aliphatic heterocycles. The highest BCUT2D eigenvalue weighted by molar-refractivity contribution is 6.33. The monoisotopic (exact) mass is 506 g/mol. The van der Waals surface area contributed by atoms with E-state index in [2.05, 4.69) is 5.32 Å². The largest absolute Gasteiger partial charge is 0.455 e. The number of imide groups is 1. The molecule has 4 rings (SSSR count). The molecule has 0 saturated carbocycles. The summed E-state index contributed by atoms with van der Waals surface area (Å²) in [6.07, 6.45) is 0. The van der Waals surface area contributed by atoms with Crippen LogP contribution in [-0.4, -0.2) is 11.9 Å². The Morgan fingerprint density at radius 3 is 2.17 bits per heavy atom. The standard InChI is InChI=1S/C28H21ClF2N2O3/c1-16-14-23(32-28(35)33-27(34)24-21(30)12-7-13-22(24)31)17(2)25(29)26(16)36-20-11-6-10-19(15-20)18-8-4-3-5-9-18/h3-15H,1-2H3,(H2,32,33,34,35). The van der Waals surface area contributed by atoms with Crippen molar-refractivity contribution in [2.24, 2.45) is 0 Å². The lowest BCUT2D eigenvalue weighted by Gasteiger charge is -2.17. The molecule has 5 nitrogen and oxygen atoms in total. The third-order valence-electron chi connectivity index (χ3n) is 5.48. The third kappa shape index (κ3) is 5.37. The van der Waals surface area contributed by atoms with Crippen LogP contribution in [0.25, 0.3) is 11.1 Å². The van der Waals surface area contributed by atoms with E-state index in [-0.39, 0.29) is 5.02 Å². The number of nitrogens with one attached hydrogen (secondary N) is 2. The highest BCUT2D eigenvalue weighted by atomic mass is 35.5. The molecule has 0 fully saturated rings. The van der Waals surface area contributed by atoms with E-state index < -0.39 is 29.1 Å². The van der Waals surface area contributed by atoms with E-state index in [1.807, 2.05) is 59.9 Å². The quantitative estimate of drug-likeness (QED) is 0.292. The molecule has 36 heavy (non-hydrogen) atoms. The molecule has 0 atom stereocenters. The molecule has 0 saturated heterocycles. The lowest BCUT2D eigenvalue weighted by atomic mass is 10.1. The van der Waals surface area contributed by atoms with Crippen molar-refractivity contribution in [1.29, 1.82) is 0 Å². The van der Waals surface area contributed by atoms with Crippen molar-refractivity contribution in [1.82, 2.24) is 5.32 Å². The molecule has 0 heterocycles. The molecule has 0 aliphatic carbocycles. The number of aryl methyl sites for hydroxylation is 1. The fourth-order valence-corrected chi connectivity index (χ4v) is 3.92. The number of benzene rings is 4. The van der Waals surface area contributed by atoms with Crippen LogP contribution in [0.4, 0.5) is 19.3 Å². The molecule has 4 aromatic carbocycles. The van der Waals surface area contributed by atoms with Crippen molar-refractivity contribution < 1.29 is 23.1 Å². The molecule has 0 bridgehead atoms. The summed E-state index contributed by atoms with van der Waals surface area (Å²) in [5.41, 5.74) is 2.58. The van der Waals surface area contributed by atoms with Crippen LogP contribution in [0, 0.1) is 25.5 Å². The van der Waals surface area contributed by atoms with E-state index >= 15 is 0 Å². The minimum atomic E-state index is -1.21. The molecule has 0 radical (unpaired) electrons. The van der Waals surface area contributed by atoms with Crippen LogP contribution in [0.15, 0.2) is 78.9 Å². The van der Waals surface area contributed by atoms with Crippen molar-refractivity contribution in [2.75, 3.05) is 5.32 Å². The number of halogens is 3. The first-order valence-corrected chi connectivity index (χ1v) is 11.3. The molecule has 0 spiro atoms. The van der Waals surface area contributed by atoms with Crippen molar-refractivity contribution in [2.45, 2.75) is 13.8 Å². The van der Waals surface area contributed by atoms with E-state index in [1.54, 1.807) is 19.9 Å². The van der Waals surface area contributed by atoms with E-state index in [0.717, 1.165) is 29.3 Å². The zero-order chi connectivity index (χ0) is 25.8. The minimum Gasteiger partial charge on any atom is -0.455 e. The second kappa shape index (κ2) is 10.6. The molecule has 3 amide bonds. The first-order chi connectivity index (χ1) is 17.2. The Balaban J connectivity index is 1.52. The van der Waals surface area contributed by atoms with Gasteiger partial charge in [-0.05, 0) is 66.4 Å². The van der Waals surface area contributed by atoms with Crippen LogP contribution in [0.3, 0.4) is 0 Å². The van der Waals surface area contributed by atoms with Gasteiger partial charge in [-0.2, -0.15) is 0 Å². The van der Waals surface area contributed by atoms with Gasteiger partial charge < -0.3 is 10.1 Å². The van der Waals surface area contributed by atoms with Gasteiger partial charge in [0.25, 0.3) is 5.91 Å². The predicted octanol–water partition coefficient (Wildman–Crippen LogP) is 7.66. The van der Waals surface area contributed by atoms with Crippen LogP contribution < -0.4 is 15.4 Å². The molecule has 2 N–H and O–H groups in total. The maximum Gasteiger partial charge on any atom is 0.326 e. The maximum atomic E-state index is 13.8. The Bertz CT molecular complexity index is 1440. The maximum absolute atomic E-state index is 13.8. The fraction of sp³-hybridized carbons (Fsp3) is 0.0714. The summed E-state index contributed by atoms with van der Waals surface area (Å²) >= 11 is 6.57. The van der Waals surface area contributed by atoms with E-state index in [4.69, 9.17) is 16.3 Å². The second-order valence-electron chi connectivity index (χ2n) is 8.01. The zero-order valence-corrected chi connectivity index (χ0v) is 20.1. The number of urea groups is 1. The van der Waals surface area contributed by atoms with Crippen LogP contribution in [0.2, 0.25) is 5.02 Å². The highest BCUT2D eigenvalue weighted by Gasteiger charge is 2.21. The van der Waals surface area contributed by atoms with Crippen LogP contribution >= 0.6 is 11.6 Å². The number of anilines is 1. The Morgan fingerprint density at radius 1 is 0.833 bits per heavy atom. The summed E-state index contributed by atoms with van der Waals surface area (Å²) in [7, 11) is 0. The summed E-state index contributed by atoms with van der Waals surface area (Å²) in [6.45, 7) is 3.42. The number of amides is 3. The number of hydrogen-bond acceptors (Lipinski definition) is 3. The zero-order valence-electron chi connectivity index (χ0n) is 19.4. The highest BCUT2D eigenvalue weighted by Crippen LogP contribution is 2.39. The lowest BCUT2D eigenvalue weighted by molar-refractivity contribution is 0.0959. The van der Waals surface area contributed by atoms with E-state index in [1.165, 1.54) is 0 Å². The lowest BCUT2D eigenvalue weighted by Crippen LogP contribution is -2.35. The summed E-state index contributed by atoms with van der Waals surface area (Å²) in [5, 5.41) is 4.69. The van der Waals surface area contributed by atoms with Crippen molar-refractivity contribution >= 4 is 29.2 Å². The van der Waals surface area contributed by atoms with Crippen molar-refractivity contribution in [3.63, 3.8) is 0 Å². The number of hydrogen-bond donors (Lipinski definition) is 2. The average Bonchev–Trinajstić information content (AvgIpc) is 2.85. The topological polar surface area (TPSA) is 67.4 Å². The summed E-state index contributed by atoms with van der Waals surface area (Å²) in [4.78, 5) is 24.6. The van der Waals surface area contributed by atoms with Gasteiger partial charge in [-0.1, -0.05) is 60.1 Å². The SMILES string of the molecule is Cc1cc(NC(=O)NC(=O)c2c(F)cccc2F)c(C)c(Cl)c1Oc1cccc(-c2ccccc2)c1. The molecule has 0 unspecified atom stereocenters. The molecule has 182 valence electrons. The molecule has 0 aromatic heterocycles. The number of carbonyl (C=O) groups excluding carboxylic acids is 2. The fourth-order valence-electron chi connectivity index (χ4n) is 3.63. The number of carbonyl (C=O) groups is 2. The van der Waals surface area contributed by atoms with Crippen molar-refractivity contribution in [3.8, 4) is 22.6 Å². The van der Waals surface area contributed by atoms with Gasteiger partial charge in [-0.15, -0.1) is 0 Å². The molecule has 0 aliphatic rings. The molecular formula is C28H21ClF2N2O3. The Labute approximate surface area is 211 Å². The Morgan fingerprint density at radius 2 is 1.47 bits per heavy atom. The summed E-state index contributed by atoms with van der Waals surface area (Å²) in [6, 6.07) is 21.0. The van der Waals surface area contributed by atoms with Crippen molar-refractivity contribution in [3.05, 3.63) is 112 Å². The molecule has 4 aromatic rings. The van der Waals surface area contributed by atoms with E-state index in [9.17, 15) is 18.4 Å². The van der Waals surface area contributed by atoms with Gasteiger partial charge in [0.05, 0.1) is 5.02 Å². The van der Waals surface area contributed by atoms with Gasteiger partial charge >= 0.3 is 6.03 Å². The van der Waals surface area contributed by atoms with Crippen LogP contribution in [-0.2, 0) is 0 Å². The van der Waals surface area contributed by atoms with Gasteiger partial charge in [0.2, 0.25) is 0 Å². The predicted molar refractivity (Wildman–Crippen MR) is 136 cm³/mol. The van der Waals surface area contributed by atoms with Gasteiger partial charge in [0.15, 0.2) is 0 Å². The average molecular weight is 507 g/mol. The van der Waals surface area contributed by atoms with Crippen LogP contribution in [0.5, 0.6) is 11.5 Å². The third-order valence-corrected chi connectivity index (χ3v) is 5.93. The minimum absolute atomic E-state index is 0.266. The van der Waals surface area contributed by atoms with Gasteiger partial charge in [-0.25, -0.2) is 13.6 Å². The number of rotatable bonds is 5. The summed E-state index contributed by atoms with van der Waals surface area (Å²) < 4.78 is 33.8. The first kappa shape index (κ1) is 24.9. The van der Waals surface area contributed by atoms with Gasteiger partial charge in [-0.3, -0.25) is 10.1 Å². The second-order valence-corrected chi connectivity index (χ2v) is 8.39. The smallest absolute Gasteiger partial charge is 0.326 e. The molecule has 8 heteroatoms. The normalized spacial score (nSPS) is 10.6. The van der Waals surface area contributed by atoms with Gasteiger partial charge in [0, 0.05) is 5.69 Å². The van der Waals surface area contributed by atoms with E-state index in [0.29, 0.717) is 28.3 Å². The first-order valence-electron chi connectivity index (χ1n) is 10.9. The van der Waals surface area contributed by atoms with Gasteiger partial charge in [0.1, 0.15) is 28.7 Å².